The Morgan fingerprint density at radius 1 is 0.702 bits per heavy atom. The van der Waals surface area contributed by atoms with Crippen molar-refractivity contribution in [1.29, 1.82) is 0 Å². The molecular formula is C30H40N12O5. The zero-order chi connectivity index (χ0) is 34.2. The summed E-state index contributed by atoms with van der Waals surface area (Å²) in [6, 6.07) is 3.03. The van der Waals surface area contributed by atoms with Gasteiger partial charge in [-0.05, 0) is 39.2 Å². The maximum atomic E-state index is 13.1. The van der Waals surface area contributed by atoms with Gasteiger partial charge in [0.25, 0.3) is 23.6 Å². The summed E-state index contributed by atoms with van der Waals surface area (Å²) in [5.41, 5.74) is 1.28. The molecule has 250 valence electrons. The largest absolute Gasteiger partial charge is 0.356 e. The number of amides is 5. The average molecular weight is 649 g/mol. The van der Waals surface area contributed by atoms with Crippen LogP contribution in [-0.2, 0) is 33.0 Å². The van der Waals surface area contributed by atoms with E-state index in [1.54, 1.807) is 55.9 Å². The first-order valence-corrected chi connectivity index (χ1v) is 14.8. The Kier molecular flexibility index (Phi) is 10.9. The predicted molar refractivity (Wildman–Crippen MR) is 174 cm³/mol. The fraction of sp³-hybridized carbons (Fsp3) is 0.367. The molecule has 0 aromatic carbocycles. The fourth-order valence-corrected chi connectivity index (χ4v) is 4.68. The Bertz CT molecular complexity index is 1780. The Morgan fingerprint density at radius 3 is 1.91 bits per heavy atom. The number of rotatable bonds is 14. The third-order valence-corrected chi connectivity index (χ3v) is 7.08. The van der Waals surface area contributed by atoms with Gasteiger partial charge in [0.05, 0.1) is 11.4 Å². The molecule has 17 heteroatoms. The topological polar surface area (TPSA) is 194 Å². The SMILES string of the molecule is CN(C)CCCNC(=O)CCNC(=O)c1nc(NC(=O)c2cc(NC(=O)c3cc(NC(=O)c4nccn4C)cn3C)cn2C)cn1C. The minimum atomic E-state index is -0.512. The van der Waals surface area contributed by atoms with E-state index in [-0.39, 0.29) is 47.7 Å². The average Bonchev–Trinajstić information content (AvgIpc) is 3.77. The van der Waals surface area contributed by atoms with Crippen molar-refractivity contribution in [3.63, 3.8) is 0 Å². The van der Waals surface area contributed by atoms with Gasteiger partial charge in [0.15, 0.2) is 11.6 Å². The molecule has 5 amide bonds. The van der Waals surface area contributed by atoms with Crippen LogP contribution in [0.15, 0.2) is 43.1 Å². The number of carbonyl (C=O) groups excluding carboxylic acids is 5. The quantitative estimate of drug-likeness (QED) is 0.124. The number of anilines is 3. The highest BCUT2D eigenvalue weighted by Crippen LogP contribution is 2.19. The van der Waals surface area contributed by atoms with Crippen molar-refractivity contribution in [1.82, 2.24) is 43.8 Å². The van der Waals surface area contributed by atoms with E-state index in [0.29, 0.717) is 17.9 Å². The van der Waals surface area contributed by atoms with Crippen molar-refractivity contribution in [2.45, 2.75) is 12.8 Å². The third-order valence-electron chi connectivity index (χ3n) is 7.08. The lowest BCUT2D eigenvalue weighted by Gasteiger charge is -2.10. The number of nitrogens with zero attached hydrogens (tertiary/aromatic N) is 7. The van der Waals surface area contributed by atoms with Gasteiger partial charge < -0.3 is 49.8 Å². The maximum Gasteiger partial charge on any atom is 0.291 e. The lowest BCUT2D eigenvalue weighted by molar-refractivity contribution is -0.120. The van der Waals surface area contributed by atoms with E-state index in [9.17, 15) is 24.0 Å². The molecule has 0 bridgehead atoms. The minimum absolute atomic E-state index is 0.0598. The molecule has 17 nitrogen and oxygen atoms in total. The fourth-order valence-electron chi connectivity index (χ4n) is 4.68. The van der Waals surface area contributed by atoms with Crippen LogP contribution in [0.4, 0.5) is 17.2 Å². The van der Waals surface area contributed by atoms with Crippen LogP contribution in [0.2, 0.25) is 0 Å². The van der Waals surface area contributed by atoms with Gasteiger partial charge in [-0.15, -0.1) is 0 Å². The zero-order valence-corrected chi connectivity index (χ0v) is 27.2. The van der Waals surface area contributed by atoms with Crippen molar-refractivity contribution < 1.29 is 24.0 Å². The van der Waals surface area contributed by atoms with Crippen LogP contribution >= 0.6 is 0 Å². The predicted octanol–water partition coefficient (Wildman–Crippen LogP) is 0.775. The van der Waals surface area contributed by atoms with Gasteiger partial charge in [-0.25, -0.2) is 9.97 Å². The molecule has 5 N–H and O–H groups in total. The highest BCUT2D eigenvalue weighted by molar-refractivity contribution is 6.08. The van der Waals surface area contributed by atoms with E-state index >= 15 is 0 Å². The lowest BCUT2D eigenvalue weighted by atomic mass is 10.3. The van der Waals surface area contributed by atoms with Crippen molar-refractivity contribution in [2.24, 2.45) is 28.2 Å². The van der Waals surface area contributed by atoms with Crippen LogP contribution in [0.1, 0.15) is 55.1 Å². The van der Waals surface area contributed by atoms with Crippen LogP contribution in [0, 0.1) is 0 Å². The summed E-state index contributed by atoms with van der Waals surface area (Å²) in [6.45, 7) is 1.56. The van der Waals surface area contributed by atoms with Gasteiger partial charge in [-0.2, -0.15) is 0 Å². The van der Waals surface area contributed by atoms with E-state index in [2.05, 4.69) is 36.6 Å². The van der Waals surface area contributed by atoms with Crippen LogP contribution < -0.4 is 26.6 Å². The van der Waals surface area contributed by atoms with Crippen molar-refractivity contribution in [3.8, 4) is 0 Å². The molecule has 0 aliphatic heterocycles. The van der Waals surface area contributed by atoms with Gasteiger partial charge in [0, 0.05) is 78.7 Å². The van der Waals surface area contributed by atoms with E-state index in [0.717, 1.165) is 13.0 Å². The number of hydrogen-bond donors (Lipinski definition) is 5. The van der Waals surface area contributed by atoms with Crippen molar-refractivity contribution >= 4 is 46.7 Å². The molecule has 0 atom stereocenters. The summed E-state index contributed by atoms with van der Waals surface area (Å²) < 4.78 is 6.16. The summed E-state index contributed by atoms with van der Waals surface area (Å²) in [6.07, 6.45) is 8.80. The Balaban J connectivity index is 1.30. The Labute approximate surface area is 271 Å². The lowest BCUT2D eigenvalue weighted by Crippen LogP contribution is -2.32. The molecule has 4 heterocycles. The molecule has 0 fully saturated rings. The van der Waals surface area contributed by atoms with Crippen LogP contribution in [0.25, 0.3) is 0 Å². The van der Waals surface area contributed by atoms with Crippen LogP contribution in [-0.4, -0.2) is 96.4 Å². The number of aromatic nitrogens is 6. The summed E-state index contributed by atoms with van der Waals surface area (Å²) in [5.74, 6) is -1.59. The second-order valence-electron chi connectivity index (χ2n) is 11.2. The van der Waals surface area contributed by atoms with Gasteiger partial charge in [-0.1, -0.05) is 0 Å². The minimum Gasteiger partial charge on any atom is -0.356 e. The molecule has 4 rings (SSSR count). The smallest absolute Gasteiger partial charge is 0.291 e. The van der Waals surface area contributed by atoms with E-state index < -0.39 is 23.6 Å². The standard InChI is InChI=1S/C30H40N12O5/c1-38(2)12-7-9-31-24(43)8-10-33-29(46)26-36-23(18-42(26)6)37-28(45)22-14-19(16-41(22)5)34-27(44)21-15-20(17-40(21)4)35-30(47)25-32-11-13-39(25)3/h11,13-18H,7-10,12H2,1-6H3,(H,31,43)(H,33,46)(H,34,44)(H,35,47)(H,37,45). The first-order chi connectivity index (χ1) is 22.3. The molecule has 0 unspecified atom stereocenters. The van der Waals surface area contributed by atoms with E-state index in [1.807, 2.05) is 19.0 Å². The Hall–Kier alpha value is -5.71. The van der Waals surface area contributed by atoms with E-state index in [1.165, 1.54) is 33.7 Å². The van der Waals surface area contributed by atoms with Crippen molar-refractivity contribution in [2.75, 3.05) is 49.7 Å². The molecule has 4 aromatic heterocycles. The monoisotopic (exact) mass is 648 g/mol. The van der Waals surface area contributed by atoms with Crippen LogP contribution in [0.5, 0.6) is 0 Å². The highest BCUT2D eigenvalue weighted by Gasteiger charge is 2.20. The molecule has 0 aliphatic rings. The van der Waals surface area contributed by atoms with Gasteiger partial charge in [0.2, 0.25) is 11.7 Å². The second kappa shape index (κ2) is 15.0. The van der Waals surface area contributed by atoms with Gasteiger partial charge in [0.1, 0.15) is 11.4 Å². The maximum absolute atomic E-state index is 13.1. The summed E-state index contributed by atoms with van der Waals surface area (Å²) in [7, 11) is 10.6. The summed E-state index contributed by atoms with van der Waals surface area (Å²) in [5, 5.41) is 13.6. The van der Waals surface area contributed by atoms with E-state index in [4.69, 9.17) is 0 Å². The zero-order valence-electron chi connectivity index (χ0n) is 27.2. The molecule has 0 saturated heterocycles. The van der Waals surface area contributed by atoms with Crippen molar-refractivity contribution in [3.05, 3.63) is 66.2 Å². The number of carbonyl (C=O) groups is 5. The summed E-state index contributed by atoms with van der Waals surface area (Å²) >= 11 is 0. The summed E-state index contributed by atoms with van der Waals surface area (Å²) in [4.78, 5) is 73.6. The molecule has 0 saturated carbocycles. The molecular weight excluding hydrogens is 608 g/mol. The third kappa shape index (κ3) is 8.94. The van der Waals surface area contributed by atoms with Gasteiger partial charge >= 0.3 is 0 Å². The molecule has 0 aliphatic carbocycles. The molecule has 0 radical (unpaired) electrons. The number of nitrogens with one attached hydrogen (secondary N) is 5. The number of hydrogen-bond acceptors (Lipinski definition) is 8. The molecule has 0 spiro atoms. The van der Waals surface area contributed by atoms with Crippen LogP contribution in [0.3, 0.4) is 0 Å². The second-order valence-corrected chi connectivity index (χ2v) is 11.2. The molecule has 47 heavy (non-hydrogen) atoms. The normalized spacial score (nSPS) is 11.0. The number of aryl methyl sites for hydroxylation is 4. The first kappa shape index (κ1) is 34.2. The Morgan fingerprint density at radius 2 is 1.32 bits per heavy atom. The highest BCUT2D eigenvalue weighted by atomic mass is 16.2. The number of imidazole rings is 2. The first-order valence-electron chi connectivity index (χ1n) is 14.8. The van der Waals surface area contributed by atoms with Gasteiger partial charge in [-0.3, -0.25) is 24.0 Å². The molecule has 4 aromatic rings.